The minimum atomic E-state index is -0.981. The molecule has 0 heterocycles. The number of hydrogen-bond acceptors (Lipinski definition) is 3. The molecule has 13 heavy (non-hydrogen) atoms. The predicted molar refractivity (Wildman–Crippen MR) is 44.3 cm³/mol. The van der Waals surface area contributed by atoms with Gasteiger partial charge in [-0.3, -0.25) is 4.79 Å². The zero-order chi connectivity index (χ0) is 9.68. The molecule has 0 aromatic heterocycles. The average molecular weight is 179 g/mol. The lowest BCUT2D eigenvalue weighted by atomic mass is 10.1. The number of amides is 1. The molecule has 0 N–H and O–H groups in total. The van der Waals surface area contributed by atoms with Crippen LogP contribution < -0.4 is 5.43 Å². The lowest BCUT2D eigenvalue weighted by Gasteiger charge is -1.94. The van der Waals surface area contributed by atoms with Gasteiger partial charge in [-0.05, 0) is 5.56 Å². The molecule has 1 radical (unpaired) electrons. The minimum absolute atomic E-state index is 0.0260. The molecular weight excluding hydrogens is 172 g/mol. The third-order valence-corrected chi connectivity index (χ3v) is 1.39. The fraction of sp³-hybridized carbons (Fsp3) is 0.125. The summed E-state index contributed by atoms with van der Waals surface area (Å²) in [6.07, 6.45) is -0.0260. The first-order valence-electron chi connectivity index (χ1n) is 3.61. The van der Waals surface area contributed by atoms with Crippen LogP contribution in [0.3, 0.4) is 0 Å². The van der Waals surface area contributed by atoms with E-state index in [1.165, 1.54) is 0 Å². The van der Waals surface area contributed by atoms with Gasteiger partial charge in [0.25, 0.3) is 0 Å². The Morgan fingerprint density at radius 1 is 1.38 bits per heavy atom. The molecule has 0 spiro atoms. The Labute approximate surface area is 74.5 Å². The Balaban J connectivity index is 2.50. The highest BCUT2D eigenvalue weighted by molar-refractivity contribution is 5.76. The summed E-state index contributed by atoms with van der Waals surface area (Å²) in [4.78, 5) is 20.6. The molecule has 0 aliphatic heterocycles. The number of carbonyl (C=O) groups is 1. The van der Waals surface area contributed by atoms with Crippen molar-refractivity contribution in [1.29, 1.82) is 0 Å². The molecule has 0 saturated carbocycles. The minimum Gasteiger partial charge on any atom is -0.266 e. The van der Waals surface area contributed by atoms with E-state index in [-0.39, 0.29) is 6.42 Å². The van der Waals surface area contributed by atoms with E-state index in [4.69, 9.17) is 0 Å². The fourth-order valence-corrected chi connectivity index (χ4v) is 0.897. The van der Waals surface area contributed by atoms with Crippen LogP contribution >= 0.6 is 0 Å². The number of rotatable bonds is 3. The molecule has 0 bridgehead atoms. The molecule has 1 aromatic carbocycles. The summed E-state index contributed by atoms with van der Waals surface area (Å²) in [6, 6.07) is 8.75. The van der Waals surface area contributed by atoms with Gasteiger partial charge < -0.3 is 0 Å². The van der Waals surface area contributed by atoms with Crippen LogP contribution in [0.2, 0.25) is 0 Å². The maximum atomic E-state index is 10.8. The lowest BCUT2D eigenvalue weighted by Crippen LogP contribution is -2.23. The van der Waals surface area contributed by atoms with Gasteiger partial charge in [-0.15, -0.1) is 0 Å². The second kappa shape index (κ2) is 4.20. The smallest absolute Gasteiger partial charge is 0.266 e. The second-order valence-corrected chi connectivity index (χ2v) is 2.39. The lowest BCUT2D eigenvalue weighted by molar-refractivity contribution is -0.535. The Hall–Kier alpha value is -1.91. The summed E-state index contributed by atoms with van der Waals surface area (Å²) >= 11 is 0. The van der Waals surface area contributed by atoms with Gasteiger partial charge in [0.05, 0.1) is 6.42 Å². The molecule has 1 rings (SSSR count). The van der Waals surface area contributed by atoms with Crippen molar-refractivity contribution in [3.8, 4) is 0 Å². The number of nitrogens with zero attached hydrogens (tertiary/aromatic N) is 2. The van der Waals surface area contributed by atoms with Crippen molar-refractivity contribution >= 4 is 5.91 Å². The highest BCUT2D eigenvalue weighted by Gasteiger charge is 2.11. The summed E-state index contributed by atoms with van der Waals surface area (Å²) in [5.41, 5.74) is 3.38. The summed E-state index contributed by atoms with van der Waals surface area (Å²) in [5, 5.41) is 8.84. The van der Waals surface area contributed by atoms with E-state index >= 15 is 0 Å². The largest absolute Gasteiger partial charge is 0.319 e. The van der Waals surface area contributed by atoms with Crippen LogP contribution in [0.25, 0.3) is 0 Å². The number of benzene rings is 1. The first-order chi connectivity index (χ1) is 6.18. The zero-order valence-electron chi connectivity index (χ0n) is 6.71. The van der Waals surface area contributed by atoms with Gasteiger partial charge in [0.1, 0.15) is 5.43 Å². The molecule has 0 unspecified atom stereocenters. The second-order valence-electron chi connectivity index (χ2n) is 2.39. The normalized spacial score (nSPS) is 9.23. The van der Waals surface area contributed by atoms with Crippen LogP contribution in [0.4, 0.5) is 0 Å². The van der Waals surface area contributed by atoms with Gasteiger partial charge in [-0.1, -0.05) is 30.3 Å². The number of hydrogen-bond donors (Lipinski definition) is 0. The molecule has 0 atom stereocenters. The van der Waals surface area contributed by atoms with E-state index in [0.29, 0.717) is 0 Å². The summed E-state index contributed by atoms with van der Waals surface area (Å²) in [7, 11) is 0. The Kier molecular flexibility index (Phi) is 2.97. The van der Waals surface area contributed by atoms with E-state index in [1.807, 2.05) is 0 Å². The van der Waals surface area contributed by atoms with E-state index in [1.54, 1.807) is 30.3 Å². The van der Waals surface area contributed by atoms with Gasteiger partial charge in [-0.2, -0.15) is 0 Å². The van der Waals surface area contributed by atoms with Gasteiger partial charge in [0, 0.05) is 0 Å². The van der Waals surface area contributed by atoms with Crippen LogP contribution in [0.1, 0.15) is 5.56 Å². The van der Waals surface area contributed by atoms with Crippen LogP contribution in [0.5, 0.6) is 0 Å². The van der Waals surface area contributed by atoms with Gasteiger partial charge >= 0.3 is 5.91 Å². The first kappa shape index (κ1) is 9.18. The molecule has 0 saturated heterocycles. The average Bonchev–Trinajstić information content (AvgIpc) is 2.04. The van der Waals surface area contributed by atoms with Crippen LogP contribution in [-0.2, 0) is 11.2 Å². The Morgan fingerprint density at radius 3 is 2.54 bits per heavy atom. The standard InChI is InChI=1S/C8H7N2O3/c11-8(9-10(12)13)6-7-4-2-1-3-5-7/h1-5H,6H2. The molecule has 0 aliphatic rings. The van der Waals surface area contributed by atoms with Crippen molar-refractivity contribution in [1.82, 2.24) is 5.43 Å². The Morgan fingerprint density at radius 2 is 2.00 bits per heavy atom. The van der Waals surface area contributed by atoms with E-state index in [0.717, 1.165) is 5.56 Å². The van der Waals surface area contributed by atoms with Crippen molar-refractivity contribution in [2.45, 2.75) is 6.42 Å². The highest BCUT2D eigenvalue weighted by atomic mass is 16.7. The van der Waals surface area contributed by atoms with Crippen molar-refractivity contribution in [2.24, 2.45) is 0 Å². The third-order valence-electron chi connectivity index (χ3n) is 1.39. The van der Waals surface area contributed by atoms with Crippen molar-refractivity contribution in [3.05, 3.63) is 46.0 Å². The third kappa shape index (κ3) is 3.33. The van der Waals surface area contributed by atoms with Crippen LogP contribution in [0.15, 0.2) is 30.3 Å². The summed E-state index contributed by atoms with van der Waals surface area (Å²) in [6.45, 7) is 0. The predicted octanol–water partition coefficient (Wildman–Crippen LogP) is 0.552. The van der Waals surface area contributed by atoms with Crippen molar-refractivity contribution in [3.63, 3.8) is 0 Å². The first-order valence-corrected chi connectivity index (χ1v) is 3.61. The molecule has 5 heteroatoms. The molecule has 1 aromatic rings. The molecule has 67 valence electrons. The van der Waals surface area contributed by atoms with Crippen molar-refractivity contribution in [2.75, 3.05) is 0 Å². The number of carbonyl (C=O) groups excluding carboxylic acids is 1. The van der Waals surface area contributed by atoms with E-state index in [9.17, 15) is 14.9 Å². The Bertz CT molecular complexity index is 310. The van der Waals surface area contributed by atoms with E-state index in [2.05, 4.69) is 5.43 Å². The zero-order valence-corrected chi connectivity index (χ0v) is 6.71. The monoisotopic (exact) mass is 179 g/mol. The summed E-state index contributed by atoms with van der Waals surface area (Å²) < 4.78 is 0. The van der Waals surface area contributed by atoms with E-state index < -0.39 is 10.9 Å². The highest BCUT2D eigenvalue weighted by Crippen LogP contribution is 1.99. The molecular formula is C8H7N2O3. The maximum Gasteiger partial charge on any atom is 0.319 e. The quantitative estimate of drug-likeness (QED) is 0.502. The summed E-state index contributed by atoms with van der Waals surface area (Å²) in [5.74, 6) is -0.740. The van der Waals surface area contributed by atoms with Crippen molar-refractivity contribution < 1.29 is 9.83 Å². The van der Waals surface area contributed by atoms with Gasteiger partial charge in [0.15, 0.2) is 5.03 Å². The molecule has 1 amide bonds. The topological polar surface area (TPSA) is 74.3 Å². The van der Waals surface area contributed by atoms with Gasteiger partial charge in [-0.25, -0.2) is 10.1 Å². The molecule has 0 fully saturated rings. The van der Waals surface area contributed by atoms with Gasteiger partial charge in [0.2, 0.25) is 0 Å². The maximum absolute atomic E-state index is 10.8. The van der Waals surface area contributed by atoms with Crippen LogP contribution in [-0.4, -0.2) is 10.9 Å². The SMILES string of the molecule is O=C(Cc1ccccc1)[N][N+](=O)[O-]. The molecule has 5 nitrogen and oxygen atoms in total. The number of nitro groups is 1. The molecule has 0 aliphatic carbocycles. The fourth-order valence-electron chi connectivity index (χ4n) is 0.897. The van der Waals surface area contributed by atoms with Crippen LogP contribution in [0, 0.1) is 10.1 Å².